The van der Waals surface area contributed by atoms with Crippen LogP contribution in [0.25, 0.3) is 0 Å². The van der Waals surface area contributed by atoms with Crippen molar-refractivity contribution in [3.05, 3.63) is 95.0 Å². The molecule has 4 rings (SSSR count). The predicted molar refractivity (Wildman–Crippen MR) is 125 cm³/mol. The summed E-state index contributed by atoms with van der Waals surface area (Å²) in [4.78, 5) is 27.7. The molecule has 164 valence electrons. The lowest BCUT2D eigenvalue weighted by atomic mass is 10.1. The largest absolute Gasteiger partial charge is 0.304 e. The molecular weight excluding hydrogens is 448 g/mol. The maximum Gasteiger partial charge on any atom is 0.258 e. The summed E-state index contributed by atoms with van der Waals surface area (Å²) in [6.45, 7) is 1.87. The van der Waals surface area contributed by atoms with E-state index in [2.05, 4.69) is 0 Å². The van der Waals surface area contributed by atoms with Crippen LogP contribution in [0.2, 0.25) is 5.02 Å². The number of halogens is 1. The molecule has 0 radical (unpaired) electrons. The van der Waals surface area contributed by atoms with Gasteiger partial charge in [-0.25, -0.2) is 12.7 Å². The first-order chi connectivity index (χ1) is 15.3. The summed E-state index contributed by atoms with van der Waals surface area (Å²) < 4.78 is 25.9. The molecule has 0 aliphatic carbocycles. The summed E-state index contributed by atoms with van der Waals surface area (Å²) >= 11 is 6.26. The van der Waals surface area contributed by atoms with Crippen molar-refractivity contribution >= 4 is 44.8 Å². The highest BCUT2D eigenvalue weighted by Gasteiger charge is 2.43. The van der Waals surface area contributed by atoms with Crippen LogP contribution in [0.3, 0.4) is 0 Å². The van der Waals surface area contributed by atoms with Crippen molar-refractivity contribution in [2.75, 3.05) is 15.0 Å². The molecule has 6 nitrogen and oxygen atoms in total. The normalized spacial score (nSPS) is 17.4. The SMILES string of the molecule is CC1CS(=O)(=O)N(c2cc(C(=O)N(Cc3ccccc3)c3ccccc3)ccc2Cl)C1=O. The minimum atomic E-state index is -3.85. The monoisotopic (exact) mass is 468 g/mol. The van der Waals surface area contributed by atoms with Gasteiger partial charge in [-0.2, -0.15) is 0 Å². The van der Waals surface area contributed by atoms with Crippen molar-refractivity contribution in [3.63, 3.8) is 0 Å². The summed E-state index contributed by atoms with van der Waals surface area (Å²) in [5.74, 6) is -1.85. The van der Waals surface area contributed by atoms with Gasteiger partial charge in [0.05, 0.1) is 28.9 Å². The van der Waals surface area contributed by atoms with E-state index in [0.717, 1.165) is 9.87 Å². The Bertz CT molecular complexity index is 1260. The van der Waals surface area contributed by atoms with Crippen LogP contribution in [-0.4, -0.2) is 26.0 Å². The molecule has 1 saturated heterocycles. The number of hydrogen-bond acceptors (Lipinski definition) is 4. The molecule has 0 spiro atoms. The number of rotatable bonds is 5. The van der Waals surface area contributed by atoms with Crippen molar-refractivity contribution in [2.24, 2.45) is 5.92 Å². The topological polar surface area (TPSA) is 74.8 Å². The Balaban J connectivity index is 1.75. The zero-order valence-corrected chi connectivity index (χ0v) is 18.9. The lowest BCUT2D eigenvalue weighted by molar-refractivity contribution is -0.119. The van der Waals surface area contributed by atoms with E-state index in [-0.39, 0.29) is 27.9 Å². The summed E-state index contributed by atoms with van der Waals surface area (Å²) in [6.07, 6.45) is 0. The fourth-order valence-electron chi connectivity index (χ4n) is 3.68. The smallest absolute Gasteiger partial charge is 0.258 e. The van der Waals surface area contributed by atoms with Gasteiger partial charge in [0, 0.05) is 11.3 Å². The van der Waals surface area contributed by atoms with E-state index in [0.29, 0.717) is 12.2 Å². The third-order valence-corrected chi connectivity index (χ3v) is 7.44. The zero-order valence-electron chi connectivity index (χ0n) is 17.3. The molecule has 3 aromatic carbocycles. The molecule has 0 aromatic heterocycles. The molecule has 1 atom stereocenters. The predicted octanol–water partition coefficient (Wildman–Crippen LogP) is 4.50. The molecule has 1 aliphatic rings. The highest BCUT2D eigenvalue weighted by Crippen LogP contribution is 2.35. The molecule has 0 bridgehead atoms. The van der Waals surface area contributed by atoms with Crippen LogP contribution >= 0.6 is 11.6 Å². The third-order valence-electron chi connectivity index (χ3n) is 5.27. The molecule has 3 aromatic rings. The molecule has 0 N–H and O–H groups in total. The van der Waals surface area contributed by atoms with E-state index < -0.39 is 21.8 Å². The summed E-state index contributed by atoms with van der Waals surface area (Å²) in [5.41, 5.74) is 1.85. The van der Waals surface area contributed by atoms with Gasteiger partial charge in [-0.05, 0) is 35.9 Å². The Morgan fingerprint density at radius 3 is 2.25 bits per heavy atom. The van der Waals surface area contributed by atoms with Crippen LogP contribution in [0.4, 0.5) is 11.4 Å². The number of para-hydroxylation sites is 1. The van der Waals surface area contributed by atoms with Crippen LogP contribution < -0.4 is 9.21 Å². The van der Waals surface area contributed by atoms with Crippen LogP contribution in [0.5, 0.6) is 0 Å². The summed E-state index contributed by atoms with van der Waals surface area (Å²) in [7, 11) is -3.85. The van der Waals surface area contributed by atoms with Crippen LogP contribution in [0.15, 0.2) is 78.9 Å². The van der Waals surface area contributed by atoms with Crippen LogP contribution in [-0.2, 0) is 21.4 Å². The fourth-order valence-corrected chi connectivity index (χ4v) is 5.76. The molecule has 1 fully saturated rings. The van der Waals surface area contributed by atoms with Gasteiger partial charge in [-0.15, -0.1) is 0 Å². The average molecular weight is 469 g/mol. The Hall–Kier alpha value is -3.16. The Morgan fingerprint density at radius 1 is 1.03 bits per heavy atom. The van der Waals surface area contributed by atoms with Crippen molar-refractivity contribution in [2.45, 2.75) is 13.5 Å². The van der Waals surface area contributed by atoms with Gasteiger partial charge >= 0.3 is 0 Å². The number of amides is 2. The third kappa shape index (κ3) is 4.26. The quantitative estimate of drug-likeness (QED) is 0.552. The summed E-state index contributed by atoms with van der Waals surface area (Å²) in [6, 6.07) is 23.1. The van der Waals surface area contributed by atoms with Crippen LogP contribution in [0.1, 0.15) is 22.8 Å². The van der Waals surface area contributed by atoms with Gasteiger partial charge in [0.2, 0.25) is 15.9 Å². The number of hydrogen-bond donors (Lipinski definition) is 0. The number of carbonyl (C=O) groups excluding carboxylic acids is 2. The number of benzene rings is 3. The Kier molecular flexibility index (Phi) is 6.04. The lowest BCUT2D eigenvalue weighted by Crippen LogP contribution is -2.32. The molecule has 1 unspecified atom stereocenters. The van der Waals surface area contributed by atoms with E-state index in [1.54, 1.807) is 11.8 Å². The highest BCUT2D eigenvalue weighted by molar-refractivity contribution is 7.94. The van der Waals surface area contributed by atoms with E-state index in [4.69, 9.17) is 11.6 Å². The Labute approximate surface area is 192 Å². The zero-order chi connectivity index (χ0) is 22.9. The van der Waals surface area contributed by atoms with Crippen molar-refractivity contribution < 1.29 is 18.0 Å². The molecule has 8 heteroatoms. The van der Waals surface area contributed by atoms with Crippen molar-refractivity contribution in [3.8, 4) is 0 Å². The maximum atomic E-state index is 13.6. The first-order valence-electron chi connectivity index (χ1n) is 10.0. The van der Waals surface area contributed by atoms with Crippen molar-refractivity contribution in [1.82, 2.24) is 0 Å². The minimum absolute atomic E-state index is 0.000380. The number of carbonyl (C=O) groups is 2. The van der Waals surface area contributed by atoms with Gasteiger partial charge in [0.1, 0.15) is 0 Å². The van der Waals surface area contributed by atoms with Gasteiger partial charge in [0.25, 0.3) is 5.91 Å². The standard InChI is InChI=1S/C24H21ClN2O4S/c1-17-16-32(30,31)27(23(17)28)22-14-19(12-13-21(22)25)24(29)26(20-10-6-3-7-11-20)15-18-8-4-2-5-9-18/h2-14,17H,15-16H2,1H3. The van der Waals surface area contributed by atoms with E-state index in [1.165, 1.54) is 18.2 Å². The fraction of sp³-hybridized carbons (Fsp3) is 0.167. The number of sulfonamides is 1. The maximum absolute atomic E-state index is 13.6. The molecule has 0 saturated carbocycles. The first-order valence-corrected chi connectivity index (χ1v) is 12.0. The van der Waals surface area contributed by atoms with E-state index in [9.17, 15) is 18.0 Å². The van der Waals surface area contributed by atoms with Crippen LogP contribution in [0, 0.1) is 5.92 Å². The minimum Gasteiger partial charge on any atom is -0.304 e. The summed E-state index contributed by atoms with van der Waals surface area (Å²) in [5, 5.41) is 0.0851. The second-order valence-electron chi connectivity index (χ2n) is 7.66. The van der Waals surface area contributed by atoms with Gasteiger partial charge in [-0.3, -0.25) is 9.59 Å². The molecule has 1 heterocycles. The molecular formula is C24H21ClN2O4S. The first kappa shape index (κ1) is 22.0. The average Bonchev–Trinajstić information content (AvgIpc) is 2.99. The molecule has 2 amide bonds. The van der Waals surface area contributed by atoms with E-state index in [1.807, 2.05) is 60.7 Å². The number of nitrogens with zero attached hydrogens (tertiary/aromatic N) is 2. The molecule has 1 aliphatic heterocycles. The second-order valence-corrected chi connectivity index (χ2v) is 9.93. The van der Waals surface area contributed by atoms with Crippen molar-refractivity contribution in [1.29, 1.82) is 0 Å². The second kappa shape index (κ2) is 8.76. The van der Waals surface area contributed by atoms with E-state index >= 15 is 0 Å². The van der Waals surface area contributed by atoms with Gasteiger partial charge in [0.15, 0.2) is 0 Å². The molecule has 32 heavy (non-hydrogen) atoms. The lowest BCUT2D eigenvalue weighted by Gasteiger charge is -2.24. The Morgan fingerprint density at radius 2 is 1.66 bits per heavy atom. The highest BCUT2D eigenvalue weighted by atomic mass is 35.5. The van der Waals surface area contributed by atoms with Gasteiger partial charge < -0.3 is 4.90 Å². The van der Waals surface area contributed by atoms with Gasteiger partial charge in [-0.1, -0.05) is 67.1 Å². The number of anilines is 2.